The SMILES string of the molecule is CCCCc1n[c]n2ncc(-c3ccc(Sc4ccccc4)cc3)c2n1. The molecule has 0 unspecified atom stereocenters. The molecule has 0 aliphatic rings. The van der Waals surface area contributed by atoms with E-state index in [0.29, 0.717) is 0 Å². The van der Waals surface area contributed by atoms with Gasteiger partial charge in [-0.05, 0) is 36.2 Å². The molecule has 0 N–H and O–H groups in total. The Bertz CT molecular complexity index is 994. The van der Waals surface area contributed by atoms with Crippen molar-refractivity contribution in [2.45, 2.75) is 36.0 Å². The molecule has 0 aliphatic heterocycles. The number of nitrogens with zero attached hydrogens (tertiary/aromatic N) is 4. The van der Waals surface area contributed by atoms with Crippen LogP contribution in [0.1, 0.15) is 25.6 Å². The van der Waals surface area contributed by atoms with Crippen molar-refractivity contribution in [1.29, 1.82) is 0 Å². The maximum absolute atomic E-state index is 4.69. The van der Waals surface area contributed by atoms with Crippen molar-refractivity contribution in [2.75, 3.05) is 0 Å². The third kappa shape index (κ3) is 3.63. The van der Waals surface area contributed by atoms with Crippen LogP contribution in [0, 0.1) is 6.33 Å². The van der Waals surface area contributed by atoms with Gasteiger partial charge in [-0.2, -0.15) is 9.61 Å². The zero-order valence-corrected chi connectivity index (χ0v) is 15.4. The van der Waals surface area contributed by atoms with Crippen molar-refractivity contribution in [3.63, 3.8) is 0 Å². The van der Waals surface area contributed by atoms with Crippen LogP contribution in [0.5, 0.6) is 0 Å². The third-order valence-electron chi connectivity index (χ3n) is 4.15. The quantitative estimate of drug-likeness (QED) is 0.481. The molecule has 0 amide bonds. The lowest BCUT2D eigenvalue weighted by Crippen LogP contribution is -2.00. The molecule has 0 saturated carbocycles. The second-order valence-electron chi connectivity index (χ2n) is 6.08. The smallest absolute Gasteiger partial charge is 0.202 e. The van der Waals surface area contributed by atoms with E-state index in [-0.39, 0.29) is 0 Å². The lowest BCUT2D eigenvalue weighted by molar-refractivity contribution is 0.736. The van der Waals surface area contributed by atoms with E-state index in [4.69, 9.17) is 4.98 Å². The Morgan fingerprint density at radius 2 is 1.77 bits per heavy atom. The van der Waals surface area contributed by atoms with Crippen molar-refractivity contribution in [3.05, 3.63) is 72.9 Å². The van der Waals surface area contributed by atoms with E-state index >= 15 is 0 Å². The van der Waals surface area contributed by atoms with Gasteiger partial charge < -0.3 is 0 Å². The molecule has 4 nitrogen and oxygen atoms in total. The van der Waals surface area contributed by atoms with Crippen LogP contribution in [0.3, 0.4) is 0 Å². The first-order chi connectivity index (χ1) is 12.8. The van der Waals surface area contributed by atoms with Crippen LogP contribution in [0.15, 0.2) is 70.6 Å². The highest BCUT2D eigenvalue weighted by Crippen LogP contribution is 2.30. The van der Waals surface area contributed by atoms with E-state index in [9.17, 15) is 0 Å². The van der Waals surface area contributed by atoms with Gasteiger partial charge in [-0.3, -0.25) is 0 Å². The molecular weight excluding hydrogens is 340 g/mol. The second-order valence-corrected chi connectivity index (χ2v) is 7.22. The molecule has 4 aromatic rings. The normalized spacial score (nSPS) is 11.1. The molecule has 4 rings (SSSR count). The average molecular weight is 359 g/mol. The molecule has 1 radical (unpaired) electrons. The molecule has 26 heavy (non-hydrogen) atoms. The Hall–Kier alpha value is -2.66. The summed E-state index contributed by atoms with van der Waals surface area (Å²) < 4.78 is 1.62. The molecule has 0 saturated heterocycles. The van der Waals surface area contributed by atoms with Gasteiger partial charge in [-0.1, -0.05) is 55.4 Å². The van der Waals surface area contributed by atoms with E-state index in [1.807, 2.05) is 12.3 Å². The van der Waals surface area contributed by atoms with E-state index in [1.54, 1.807) is 16.3 Å². The Kier molecular flexibility index (Phi) is 4.97. The first kappa shape index (κ1) is 16.8. The predicted molar refractivity (Wildman–Crippen MR) is 104 cm³/mol. The molecule has 0 fully saturated rings. The van der Waals surface area contributed by atoms with Crippen molar-refractivity contribution in [3.8, 4) is 11.1 Å². The fourth-order valence-corrected chi connectivity index (χ4v) is 3.59. The largest absolute Gasteiger partial charge is 0.213 e. The zero-order chi connectivity index (χ0) is 17.8. The van der Waals surface area contributed by atoms with Gasteiger partial charge in [-0.15, -0.1) is 0 Å². The summed E-state index contributed by atoms with van der Waals surface area (Å²) in [6.45, 7) is 2.17. The Morgan fingerprint density at radius 1 is 1.00 bits per heavy atom. The van der Waals surface area contributed by atoms with Crippen LogP contribution in [0.2, 0.25) is 0 Å². The van der Waals surface area contributed by atoms with Gasteiger partial charge in [0.05, 0.1) is 6.20 Å². The monoisotopic (exact) mass is 359 g/mol. The first-order valence-corrected chi connectivity index (χ1v) is 9.61. The van der Waals surface area contributed by atoms with Gasteiger partial charge in [0.1, 0.15) is 5.82 Å². The number of aryl methyl sites for hydroxylation is 1. The molecule has 0 spiro atoms. The van der Waals surface area contributed by atoms with E-state index < -0.39 is 0 Å². The minimum atomic E-state index is 0.814. The summed E-state index contributed by atoms with van der Waals surface area (Å²) in [5.74, 6) is 0.831. The molecule has 0 atom stereocenters. The van der Waals surface area contributed by atoms with Crippen LogP contribution in [-0.4, -0.2) is 19.6 Å². The Labute approximate surface area is 157 Å². The lowest BCUT2D eigenvalue weighted by atomic mass is 10.1. The summed E-state index contributed by atoms with van der Waals surface area (Å²) in [4.78, 5) is 11.4. The second kappa shape index (κ2) is 7.70. The maximum Gasteiger partial charge on any atom is 0.202 e. The summed E-state index contributed by atoms with van der Waals surface area (Å²) in [5.41, 5.74) is 2.93. The number of benzene rings is 2. The summed E-state index contributed by atoms with van der Waals surface area (Å²) in [5, 5.41) is 4.34. The van der Waals surface area contributed by atoms with Crippen LogP contribution < -0.4 is 0 Å². The summed E-state index contributed by atoms with van der Waals surface area (Å²) in [6, 6.07) is 18.9. The van der Waals surface area contributed by atoms with Crippen LogP contribution in [0.25, 0.3) is 16.8 Å². The highest BCUT2D eigenvalue weighted by Gasteiger charge is 2.10. The molecule has 2 aromatic heterocycles. The maximum atomic E-state index is 4.69. The number of aromatic nitrogens is 4. The summed E-state index contributed by atoms with van der Waals surface area (Å²) in [6.07, 6.45) is 7.87. The number of unbranched alkanes of at least 4 members (excludes halogenated alkanes) is 1. The topological polar surface area (TPSA) is 43.1 Å². The van der Waals surface area contributed by atoms with Crippen molar-refractivity contribution in [1.82, 2.24) is 19.6 Å². The lowest BCUT2D eigenvalue weighted by Gasteiger charge is -2.04. The fraction of sp³-hybridized carbons (Fsp3) is 0.190. The van der Waals surface area contributed by atoms with Crippen molar-refractivity contribution >= 4 is 17.4 Å². The Balaban J connectivity index is 1.60. The first-order valence-electron chi connectivity index (χ1n) is 8.79. The van der Waals surface area contributed by atoms with Crippen molar-refractivity contribution < 1.29 is 0 Å². The minimum absolute atomic E-state index is 0.814. The molecule has 5 heteroatoms. The summed E-state index contributed by atoms with van der Waals surface area (Å²) >= 11 is 1.76. The highest BCUT2D eigenvalue weighted by molar-refractivity contribution is 7.99. The van der Waals surface area contributed by atoms with Crippen LogP contribution >= 0.6 is 11.8 Å². The summed E-state index contributed by atoms with van der Waals surface area (Å²) in [7, 11) is 0. The fourth-order valence-electron chi connectivity index (χ4n) is 2.75. The van der Waals surface area contributed by atoms with Gasteiger partial charge >= 0.3 is 0 Å². The molecule has 2 aromatic carbocycles. The number of hydrogen-bond donors (Lipinski definition) is 0. The molecule has 0 bridgehead atoms. The van der Waals surface area contributed by atoms with Crippen molar-refractivity contribution in [2.24, 2.45) is 0 Å². The minimum Gasteiger partial charge on any atom is -0.213 e. The van der Waals surface area contributed by atoms with E-state index in [0.717, 1.165) is 41.9 Å². The van der Waals surface area contributed by atoms with Gasteiger partial charge in [0.25, 0.3) is 0 Å². The van der Waals surface area contributed by atoms with E-state index in [2.05, 4.69) is 71.9 Å². The number of rotatable bonds is 6. The standard InChI is InChI=1S/C21H19N4S/c1-2-3-9-20-22-15-25-21(24-20)19(14-23-25)16-10-12-18(13-11-16)26-17-7-5-4-6-8-17/h4-8,10-14H,2-3,9H2,1H3. The molecule has 129 valence electrons. The molecule has 0 aliphatic carbocycles. The zero-order valence-electron chi connectivity index (χ0n) is 14.6. The van der Waals surface area contributed by atoms with Gasteiger partial charge in [0, 0.05) is 21.8 Å². The number of hydrogen-bond acceptors (Lipinski definition) is 4. The molecular formula is C21H19N4S. The predicted octanol–water partition coefficient (Wildman–Crippen LogP) is 5.09. The van der Waals surface area contributed by atoms with Crippen LogP contribution in [-0.2, 0) is 6.42 Å². The average Bonchev–Trinajstić information content (AvgIpc) is 3.11. The highest BCUT2D eigenvalue weighted by atomic mass is 32.2. The van der Waals surface area contributed by atoms with Gasteiger partial charge in [-0.25, -0.2) is 9.97 Å². The third-order valence-corrected chi connectivity index (χ3v) is 5.17. The van der Waals surface area contributed by atoms with Gasteiger partial charge in [0.2, 0.25) is 6.33 Å². The molecule has 2 heterocycles. The van der Waals surface area contributed by atoms with Crippen LogP contribution in [0.4, 0.5) is 0 Å². The Morgan fingerprint density at radius 3 is 2.54 bits per heavy atom. The number of fused-ring (bicyclic) bond motifs is 1. The van der Waals surface area contributed by atoms with Gasteiger partial charge in [0.15, 0.2) is 5.65 Å². The van der Waals surface area contributed by atoms with E-state index in [1.165, 1.54) is 9.79 Å².